The fourth-order valence-electron chi connectivity index (χ4n) is 2.72. The molecule has 0 bridgehead atoms. The van der Waals surface area contributed by atoms with Crippen molar-refractivity contribution in [2.75, 3.05) is 10.6 Å². The number of halogens is 1. The van der Waals surface area contributed by atoms with Gasteiger partial charge in [0, 0.05) is 23.3 Å². The molecule has 2 aromatic carbocycles. The molecule has 3 rings (SSSR count). The summed E-state index contributed by atoms with van der Waals surface area (Å²) in [5, 5.41) is 6.72. The molecule has 0 atom stereocenters. The van der Waals surface area contributed by atoms with E-state index in [9.17, 15) is 4.79 Å². The molecule has 0 fully saturated rings. The molecule has 1 aromatic heterocycles. The maximum atomic E-state index is 12.6. The Morgan fingerprint density at radius 3 is 2.59 bits per heavy atom. The quantitative estimate of drug-likeness (QED) is 0.659. The molecule has 0 aliphatic heterocycles. The molecule has 0 radical (unpaired) electrons. The topological polar surface area (TPSA) is 66.9 Å². The van der Waals surface area contributed by atoms with Crippen LogP contribution in [0.15, 0.2) is 48.5 Å². The molecule has 27 heavy (non-hydrogen) atoms. The van der Waals surface area contributed by atoms with E-state index in [2.05, 4.69) is 39.7 Å². The number of nitrogens with zero attached hydrogens (tertiary/aromatic N) is 2. The fourth-order valence-corrected chi connectivity index (χ4v) is 2.89. The molecule has 0 aliphatic carbocycles. The van der Waals surface area contributed by atoms with Gasteiger partial charge in [-0.05, 0) is 44.0 Å². The van der Waals surface area contributed by atoms with Gasteiger partial charge in [0.2, 0.25) is 0 Å². The first-order chi connectivity index (χ1) is 12.9. The van der Waals surface area contributed by atoms with E-state index in [1.807, 2.05) is 25.1 Å². The first kappa shape index (κ1) is 18.9. The predicted molar refractivity (Wildman–Crippen MR) is 109 cm³/mol. The molecule has 1 amide bonds. The second-order valence-corrected chi connectivity index (χ2v) is 6.80. The number of benzene rings is 2. The first-order valence-corrected chi connectivity index (χ1v) is 9.02. The highest BCUT2D eigenvalue weighted by molar-refractivity contribution is 6.31. The Morgan fingerprint density at radius 2 is 1.81 bits per heavy atom. The van der Waals surface area contributed by atoms with Crippen molar-refractivity contribution in [2.24, 2.45) is 0 Å². The van der Waals surface area contributed by atoms with Gasteiger partial charge >= 0.3 is 0 Å². The van der Waals surface area contributed by atoms with Crippen molar-refractivity contribution < 1.29 is 4.79 Å². The van der Waals surface area contributed by atoms with Gasteiger partial charge in [0.25, 0.3) is 5.91 Å². The smallest absolute Gasteiger partial charge is 0.274 e. The van der Waals surface area contributed by atoms with Crippen LogP contribution in [0.4, 0.5) is 11.5 Å². The van der Waals surface area contributed by atoms with E-state index in [0.29, 0.717) is 34.6 Å². The maximum absolute atomic E-state index is 12.6. The van der Waals surface area contributed by atoms with Crippen LogP contribution >= 0.6 is 11.6 Å². The van der Waals surface area contributed by atoms with Crippen molar-refractivity contribution in [3.63, 3.8) is 0 Å². The van der Waals surface area contributed by atoms with E-state index in [4.69, 9.17) is 11.6 Å². The molecule has 0 aliphatic rings. The molecule has 0 saturated carbocycles. The number of carbonyl (C=O) groups excluding carboxylic acids is 1. The summed E-state index contributed by atoms with van der Waals surface area (Å²) in [6.45, 7) is 6.29. The number of carbonyl (C=O) groups is 1. The number of amides is 1. The summed E-state index contributed by atoms with van der Waals surface area (Å²) >= 11 is 6.12. The Labute approximate surface area is 163 Å². The Hall–Kier alpha value is -2.92. The van der Waals surface area contributed by atoms with Crippen molar-refractivity contribution in [1.29, 1.82) is 0 Å². The van der Waals surface area contributed by atoms with Gasteiger partial charge in [0.1, 0.15) is 17.3 Å². The summed E-state index contributed by atoms with van der Waals surface area (Å²) in [4.78, 5) is 21.3. The van der Waals surface area contributed by atoms with Gasteiger partial charge in [0.15, 0.2) is 0 Å². The van der Waals surface area contributed by atoms with Crippen LogP contribution in [0.5, 0.6) is 0 Å². The molecule has 1 heterocycles. The summed E-state index contributed by atoms with van der Waals surface area (Å²) in [6, 6.07) is 15.3. The third kappa shape index (κ3) is 4.83. The summed E-state index contributed by atoms with van der Waals surface area (Å²) in [6.07, 6.45) is 0. The SMILES string of the molecule is Cc1cccc(CNc2cc(C(=O)Nc3cccc(Cl)c3C)nc(C)n2)c1. The van der Waals surface area contributed by atoms with Crippen LogP contribution in [0, 0.1) is 20.8 Å². The minimum Gasteiger partial charge on any atom is -0.366 e. The molecule has 138 valence electrons. The Morgan fingerprint density at radius 1 is 1.04 bits per heavy atom. The Kier molecular flexibility index (Phi) is 5.72. The van der Waals surface area contributed by atoms with Gasteiger partial charge in [-0.15, -0.1) is 0 Å². The number of rotatable bonds is 5. The summed E-state index contributed by atoms with van der Waals surface area (Å²) in [5.74, 6) is 0.832. The third-order valence-electron chi connectivity index (χ3n) is 4.14. The van der Waals surface area contributed by atoms with Crippen molar-refractivity contribution in [2.45, 2.75) is 27.3 Å². The molecule has 6 heteroatoms. The number of aryl methyl sites for hydroxylation is 2. The molecule has 3 aromatic rings. The van der Waals surface area contributed by atoms with Gasteiger partial charge in [-0.3, -0.25) is 4.79 Å². The minimum atomic E-state index is -0.301. The van der Waals surface area contributed by atoms with Crippen LogP contribution in [0.25, 0.3) is 0 Å². The normalized spacial score (nSPS) is 10.5. The zero-order valence-corrected chi connectivity index (χ0v) is 16.3. The number of aromatic nitrogens is 2. The van der Waals surface area contributed by atoms with E-state index >= 15 is 0 Å². The largest absolute Gasteiger partial charge is 0.366 e. The van der Waals surface area contributed by atoms with Gasteiger partial charge in [0.05, 0.1) is 0 Å². The van der Waals surface area contributed by atoms with Crippen LogP contribution in [-0.4, -0.2) is 15.9 Å². The predicted octanol–water partition coefficient (Wildman–Crippen LogP) is 4.92. The number of anilines is 2. The van der Waals surface area contributed by atoms with Gasteiger partial charge < -0.3 is 10.6 Å². The summed E-state index contributed by atoms with van der Waals surface area (Å²) in [5.41, 5.74) is 4.12. The van der Waals surface area contributed by atoms with E-state index in [-0.39, 0.29) is 5.91 Å². The summed E-state index contributed by atoms with van der Waals surface area (Å²) in [7, 11) is 0. The molecule has 0 saturated heterocycles. The van der Waals surface area contributed by atoms with Crippen LogP contribution in [0.3, 0.4) is 0 Å². The second-order valence-electron chi connectivity index (χ2n) is 6.39. The number of hydrogen-bond acceptors (Lipinski definition) is 4. The molecular formula is C21H21ClN4O. The molecule has 2 N–H and O–H groups in total. The van der Waals surface area contributed by atoms with Crippen molar-refractivity contribution >= 4 is 29.0 Å². The minimum absolute atomic E-state index is 0.300. The standard InChI is InChI=1S/C21H21ClN4O/c1-13-6-4-7-16(10-13)12-23-20-11-19(24-15(3)25-20)21(27)26-18-9-5-8-17(22)14(18)2/h4-11H,12H2,1-3H3,(H,26,27)(H,23,24,25). The Balaban J connectivity index is 1.76. The zero-order chi connectivity index (χ0) is 19.4. The van der Waals surface area contributed by atoms with E-state index in [1.165, 1.54) is 5.56 Å². The zero-order valence-electron chi connectivity index (χ0n) is 15.5. The lowest BCUT2D eigenvalue weighted by molar-refractivity contribution is 0.102. The van der Waals surface area contributed by atoms with E-state index in [1.54, 1.807) is 25.1 Å². The lowest BCUT2D eigenvalue weighted by Gasteiger charge is -2.11. The summed E-state index contributed by atoms with van der Waals surface area (Å²) < 4.78 is 0. The van der Waals surface area contributed by atoms with Gasteiger partial charge in [-0.1, -0.05) is 47.5 Å². The van der Waals surface area contributed by atoms with Crippen LogP contribution in [0.1, 0.15) is 33.0 Å². The Bertz CT molecular complexity index is 988. The van der Waals surface area contributed by atoms with Crippen LogP contribution in [-0.2, 0) is 6.54 Å². The fraction of sp³-hybridized carbons (Fsp3) is 0.190. The van der Waals surface area contributed by atoms with Crippen molar-refractivity contribution in [3.05, 3.63) is 81.8 Å². The molecule has 0 unspecified atom stereocenters. The molecular weight excluding hydrogens is 360 g/mol. The number of nitrogens with one attached hydrogen (secondary N) is 2. The first-order valence-electron chi connectivity index (χ1n) is 8.64. The highest BCUT2D eigenvalue weighted by Crippen LogP contribution is 2.23. The average Bonchev–Trinajstić information content (AvgIpc) is 2.63. The van der Waals surface area contributed by atoms with Crippen LogP contribution in [0.2, 0.25) is 5.02 Å². The monoisotopic (exact) mass is 380 g/mol. The van der Waals surface area contributed by atoms with Crippen LogP contribution < -0.4 is 10.6 Å². The maximum Gasteiger partial charge on any atom is 0.274 e. The lowest BCUT2D eigenvalue weighted by atomic mass is 10.1. The van der Waals surface area contributed by atoms with Crippen molar-refractivity contribution in [3.8, 4) is 0 Å². The average molecular weight is 381 g/mol. The lowest BCUT2D eigenvalue weighted by Crippen LogP contribution is -2.16. The highest BCUT2D eigenvalue weighted by atomic mass is 35.5. The second kappa shape index (κ2) is 8.18. The number of hydrogen-bond donors (Lipinski definition) is 2. The van der Waals surface area contributed by atoms with E-state index < -0.39 is 0 Å². The molecule has 5 nitrogen and oxygen atoms in total. The highest BCUT2D eigenvalue weighted by Gasteiger charge is 2.13. The van der Waals surface area contributed by atoms with E-state index in [0.717, 1.165) is 11.1 Å². The molecule has 0 spiro atoms. The van der Waals surface area contributed by atoms with Crippen molar-refractivity contribution in [1.82, 2.24) is 9.97 Å². The third-order valence-corrected chi connectivity index (χ3v) is 4.55. The van der Waals surface area contributed by atoms with Gasteiger partial charge in [-0.2, -0.15) is 0 Å². The van der Waals surface area contributed by atoms with Gasteiger partial charge in [-0.25, -0.2) is 9.97 Å².